The monoisotopic (exact) mass is 225 g/mol. The van der Waals surface area contributed by atoms with Crippen LogP contribution in [0.4, 0.5) is 5.13 Å². The number of rotatable bonds is 2. The second kappa shape index (κ2) is 3.76. The van der Waals surface area contributed by atoms with Gasteiger partial charge in [0.25, 0.3) is 0 Å². The minimum absolute atomic E-state index is 0.0423. The Hall–Kier alpha value is -0.610. The van der Waals surface area contributed by atoms with Crippen LogP contribution < -0.4 is 10.6 Å². The van der Waals surface area contributed by atoms with Crippen molar-refractivity contribution in [3.8, 4) is 0 Å². The van der Waals surface area contributed by atoms with Crippen LogP contribution in [0.1, 0.15) is 45.3 Å². The average Bonchev–Trinajstić information content (AvgIpc) is 2.69. The highest BCUT2D eigenvalue weighted by Crippen LogP contribution is 2.35. The second-order valence-corrected chi connectivity index (χ2v) is 5.75. The topological polar surface area (TPSA) is 42.1 Å². The Morgan fingerprint density at radius 2 is 2.33 bits per heavy atom. The Labute approximate surface area is 95.3 Å². The maximum atomic E-state index is 5.82. The summed E-state index contributed by atoms with van der Waals surface area (Å²) in [7, 11) is 0. The van der Waals surface area contributed by atoms with E-state index in [1.165, 1.54) is 12.8 Å². The van der Waals surface area contributed by atoms with E-state index in [0.717, 1.165) is 17.4 Å². The summed E-state index contributed by atoms with van der Waals surface area (Å²) in [5.74, 6) is 0. The van der Waals surface area contributed by atoms with E-state index in [0.29, 0.717) is 0 Å². The van der Waals surface area contributed by atoms with E-state index in [2.05, 4.69) is 29.1 Å². The summed E-state index contributed by atoms with van der Waals surface area (Å²) in [6.07, 6.45) is 2.51. The van der Waals surface area contributed by atoms with E-state index >= 15 is 0 Å². The predicted octanol–water partition coefficient (Wildman–Crippen LogP) is 2.54. The van der Waals surface area contributed by atoms with Gasteiger partial charge in [0.1, 0.15) is 0 Å². The van der Waals surface area contributed by atoms with Crippen molar-refractivity contribution < 1.29 is 0 Å². The fraction of sp³-hybridized carbons (Fsp3) is 0.727. The minimum atomic E-state index is 0.0423. The highest BCUT2D eigenvalue weighted by atomic mass is 32.1. The summed E-state index contributed by atoms with van der Waals surface area (Å²) in [6, 6.07) is 0.0423. The second-order valence-electron chi connectivity index (χ2n) is 4.91. The van der Waals surface area contributed by atoms with E-state index in [1.807, 2.05) is 6.92 Å². The number of hydrogen-bond acceptors (Lipinski definition) is 4. The third-order valence-electron chi connectivity index (χ3n) is 3.11. The van der Waals surface area contributed by atoms with Gasteiger partial charge in [0.05, 0.1) is 5.69 Å². The molecule has 2 rings (SSSR count). The van der Waals surface area contributed by atoms with Gasteiger partial charge in [-0.2, -0.15) is 0 Å². The van der Waals surface area contributed by atoms with Crippen LogP contribution in [0.15, 0.2) is 5.38 Å². The normalized spacial score (nSPS) is 22.0. The van der Waals surface area contributed by atoms with Gasteiger partial charge in [-0.3, -0.25) is 0 Å². The van der Waals surface area contributed by atoms with Crippen LogP contribution in [0.3, 0.4) is 0 Å². The van der Waals surface area contributed by atoms with Crippen LogP contribution in [0.5, 0.6) is 0 Å². The minimum Gasteiger partial charge on any atom is -0.343 e. The Kier molecular flexibility index (Phi) is 2.73. The lowest BCUT2D eigenvalue weighted by molar-refractivity contribution is 0.516. The molecule has 1 unspecified atom stereocenters. The van der Waals surface area contributed by atoms with Crippen molar-refractivity contribution >= 4 is 16.5 Å². The SMILES string of the molecule is CC(N)c1csc(N2CCCC2(C)C)n1. The first-order valence-corrected chi connectivity index (χ1v) is 6.37. The first-order valence-electron chi connectivity index (χ1n) is 5.49. The molecule has 0 aromatic carbocycles. The van der Waals surface area contributed by atoms with E-state index < -0.39 is 0 Å². The van der Waals surface area contributed by atoms with E-state index in [4.69, 9.17) is 5.73 Å². The summed E-state index contributed by atoms with van der Waals surface area (Å²) < 4.78 is 0. The molecule has 0 saturated carbocycles. The molecular formula is C11H19N3S. The molecule has 3 nitrogen and oxygen atoms in total. The van der Waals surface area contributed by atoms with Crippen molar-refractivity contribution in [1.29, 1.82) is 0 Å². The maximum Gasteiger partial charge on any atom is 0.186 e. The van der Waals surface area contributed by atoms with Crippen molar-refractivity contribution in [2.75, 3.05) is 11.4 Å². The van der Waals surface area contributed by atoms with Crippen LogP contribution in [0, 0.1) is 0 Å². The summed E-state index contributed by atoms with van der Waals surface area (Å²) in [4.78, 5) is 7.01. The van der Waals surface area contributed by atoms with Gasteiger partial charge in [-0.05, 0) is 33.6 Å². The smallest absolute Gasteiger partial charge is 0.186 e. The highest BCUT2D eigenvalue weighted by molar-refractivity contribution is 7.13. The summed E-state index contributed by atoms with van der Waals surface area (Å²) >= 11 is 1.71. The molecule has 0 spiro atoms. The van der Waals surface area contributed by atoms with Crippen molar-refractivity contribution in [1.82, 2.24) is 4.98 Å². The number of hydrogen-bond donors (Lipinski definition) is 1. The van der Waals surface area contributed by atoms with Gasteiger partial charge in [-0.1, -0.05) is 0 Å². The van der Waals surface area contributed by atoms with Crippen LogP contribution in [-0.2, 0) is 0 Å². The molecular weight excluding hydrogens is 206 g/mol. The lowest BCUT2D eigenvalue weighted by atomic mass is 10.0. The number of nitrogens with two attached hydrogens (primary N) is 1. The Morgan fingerprint density at radius 1 is 1.60 bits per heavy atom. The Morgan fingerprint density at radius 3 is 2.80 bits per heavy atom. The molecule has 1 atom stereocenters. The van der Waals surface area contributed by atoms with Crippen molar-refractivity contribution in [3.63, 3.8) is 0 Å². The summed E-state index contributed by atoms with van der Waals surface area (Å²) in [5, 5.41) is 3.21. The van der Waals surface area contributed by atoms with Gasteiger partial charge < -0.3 is 10.6 Å². The number of nitrogens with zero attached hydrogens (tertiary/aromatic N) is 2. The molecule has 4 heteroatoms. The van der Waals surface area contributed by atoms with Gasteiger partial charge in [-0.15, -0.1) is 11.3 Å². The molecule has 1 aromatic rings. The standard InChI is InChI=1S/C11H19N3S/c1-8(12)9-7-15-10(13-9)14-6-4-5-11(14,2)3/h7-8H,4-6,12H2,1-3H3. The number of thiazole rings is 1. The van der Waals surface area contributed by atoms with Gasteiger partial charge in [0.2, 0.25) is 0 Å². The molecule has 15 heavy (non-hydrogen) atoms. The molecule has 1 aliphatic rings. The van der Waals surface area contributed by atoms with Crippen LogP contribution in [-0.4, -0.2) is 17.1 Å². The average molecular weight is 225 g/mol. The molecule has 1 saturated heterocycles. The third kappa shape index (κ3) is 2.01. The van der Waals surface area contributed by atoms with E-state index in [9.17, 15) is 0 Å². The Bertz CT molecular complexity index is 343. The molecule has 1 aromatic heterocycles. The molecule has 0 amide bonds. The fourth-order valence-corrected chi connectivity index (χ4v) is 3.19. The van der Waals surface area contributed by atoms with Crippen molar-refractivity contribution in [2.45, 2.75) is 45.2 Å². The van der Waals surface area contributed by atoms with E-state index in [1.54, 1.807) is 11.3 Å². The largest absolute Gasteiger partial charge is 0.343 e. The molecule has 0 bridgehead atoms. The molecule has 84 valence electrons. The van der Waals surface area contributed by atoms with Gasteiger partial charge in [0, 0.05) is 23.5 Å². The predicted molar refractivity (Wildman–Crippen MR) is 65.4 cm³/mol. The zero-order chi connectivity index (χ0) is 11.1. The zero-order valence-corrected chi connectivity index (χ0v) is 10.5. The Balaban J connectivity index is 2.22. The van der Waals surface area contributed by atoms with Crippen molar-refractivity contribution in [3.05, 3.63) is 11.1 Å². The lowest BCUT2D eigenvalue weighted by Gasteiger charge is -2.31. The zero-order valence-electron chi connectivity index (χ0n) is 9.66. The first kappa shape index (κ1) is 10.9. The van der Waals surface area contributed by atoms with Crippen molar-refractivity contribution in [2.24, 2.45) is 5.73 Å². The first-order chi connectivity index (χ1) is 7.00. The van der Waals surface area contributed by atoms with Crippen LogP contribution in [0.2, 0.25) is 0 Å². The molecule has 2 N–H and O–H groups in total. The molecule has 0 aliphatic carbocycles. The van der Waals surface area contributed by atoms with Gasteiger partial charge in [-0.25, -0.2) is 4.98 Å². The van der Waals surface area contributed by atoms with Crippen LogP contribution >= 0.6 is 11.3 Å². The quantitative estimate of drug-likeness (QED) is 0.841. The van der Waals surface area contributed by atoms with Crippen LogP contribution in [0.25, 0.3) is 0 Å². The molecule has 1 fully saturated rings. The number of aromatic nitrogens is 1. The molecule has 2 heterocycles. The fourth-order valence-electron chi connectivity index (χ4n) is 2.07. The van der Waals surface area contributed by atoms with Gasteiger partial charge in [0.15, 0.2) is 5.13 Å². The highest BCUT2D eigenvalue weighted by Gasteiger charge is 2.33. The maximum absolute atomic E-state index is 5.82. The third-order valence-corrected chi connectivity index (χ3v) is 3.99. The molecule has 1 aliphatic heterocycles. The molecule has 0 radical (unpaired) electrons. The van der Waals surface area contributed by atoms with Gasteiger partial charge >= 0.3 is 0 Å². The number of anilines is 1. The summed E-state index contributed by atoms with van der Waals surface area (Å²) in [6.45, 7) is 7.67. The summed E-state index contributed by atoms with van der Waals surface area (Å²) in [5.41, 5.74) is 7.09. The lowest BCUT2D eigenvalue weighted by Crippen LogP contribution is -2.38. The van der Waals surface area contributed by atoms with E-state index in [-0.39, 0.29) is 11.6 Å².